The van der Waals surface area contributed by atoms with Gasteiger partial charge in [-0.3, -0.25) is 0 Å². The van der Waals surface area contributed by atoms with Gasteiger partial charge in [-0.2, -0.15) is 0 Å². The first-order chi connectivity index (χ1) is 9.85. The Hall–Kier alpha value is -1.42. The van der Waals surface area contributed by atoms with Crippen LogP contribution in [0, 0.1) is 5.92 Å². The molecule has 0 atom stereocenters. The summed E-state index contributed by atoms with van der Waals surface area (Å²) in [6.07, 6.45) is 5.52. The van der Waals surface area contributed by atoms with Crippen molar-refractivity contribution in [3.05, 3.63) is 18.2 Å². The maximum absolute atomic E-state index is 5.80. The monoisotopic (exact) mass is 279 g/mol. The van der Waals surface area contributed by atoms with Crippen LogP contribution in [0.1, 0.15) is 25.7 Å². The van der Waals surface area contributed by atoms with E-state index in [1.54, 1.807) is 14.2 Å². The lowest BCUT2D eigenvalue weighted by molar-refractivity contribution is 0.271. The van der Waals surface area contributed by atoms with Crippen LogP contribution in [0.3, 0.4) is 0 Å². The van der Waals surface area contributed by atoms with Crippen molar-refractivity contribution in [2.24, 2.45) is 5.92 Å². The molecule has 1 saturated carbocycles. The maximum atomic E-state index is 5.80. The number of hydrogen-bond donors (Lipinski definition) is 1. The van der Waals surface area contributed by atoms with E-state index in [-0.39, 0.29) is 0 Å². The highest BCUT2D eigenvalue weighted by atomic mass is 16.5. The highest BCUT2D eigenvalue weighted by Crippen LogP contribution is 2.36. The number of rotatable bonds is 8. The zero-order valence-electron chi connectivity index (χ0n) is 12.5. The largest absolute Gasteiger partial charge is 0.493 e. The Balaban J connectivity index is 1.75. The Labute approximate surface area is 121 Å². The highest BCUT2D eigenvalue weighted by molar-refractivity contribution is 5.51. The molecule has 112 valence electrons. The van der Waals surface area contributed by atoms with E-state index in [4.69, 9.17) is 14.2 Å². The van der Waals surface area contributed by atoms with Gasteiger partial charge in [0.15, 0.2) is 11.5 Å². The fourth-order valence-corrected chi connectivity index (χ4v) is 2.71. The minimum Gasteiger partial charge on any atom is -0.493 e. The molecule has 1 N–H and O–H groups in total. The van der Waals surface area contributed by atoms with Gasteiger partial charge in [0, 0.05) is 6.54 Å². The Bertz CT molecular complexity index is 380. The van der Waals surface area contributed by atoms with Crippen molar-refractivity contribution in [2.45, 2.75) is 25.7 Å². The summed E-state index contributed by atoms with van der Waals surface area (Å²) < 4.78 is 16.4. The molecule has 0 aliphatic heterocycles. The third-order valence-electron chi connectivity index (χ3n) is 3.82. The molecule has 4 nitrogen and oxygen atoms in total. The van der Waals surface area contributed by atoms with E-state index in [2.05, 4.69) is 5.32 Å². The van der Waals surface area contributed by atoms with E-state index < -0.39 is 0 Å². The fraction of sp³-hybridized carbons (Fsp3) is 0.625. The lowest BCUT2D eigenvalue weighted by atomic mass is 10.1. The number of benzene rings is 1. The molecule has 0 aromatic heterocycles. The lowest BCUT2D eigenvalue weighted by Crippen LogP contribution is -2.26. The summed E-state index contributed by atoms with van der Waals surface area (Å²) >= 11 is 0. The molecule has 1 fully saturated rings. The van der Waals surface area contributed by atoms with Crippen molar-refractivity contribution >= 4 is 0 Å². The van der Waals surface area contributed by atoms with Gasteiger partial charge in [0.2, 0.25) is 5.75 Å². The Morgan fingerprint density at radius 3 is 2.35 bits per heavy atom. The molecule has 20 heavy (non-hydrogen) atoms. The second-order valence-corrected chi connectivity index (χ2v) is 5.19. The van der Waals surface area contributed by atoms with E-state index in [1.165, 1.54) is 25.7 Å². The molecule has 2 rings (SSSR count). The molecule has 0 amide bonds. The van der Waals surface area contributed by atoms with Crippen LogP contribution in [0.25, 0.3) is 0 Å². The maximum Gasteiger partial charge on any atom is 0.203 e. The summed E-state index contributed by atoms with van der Waals surface area (Å²) in [6, 6.07) is 5.65. The van der Waals surface area contributed by atoms with Crippen LogP contribution in [0.2, 0.25) is 0 Å². The second-order valence-electron chi connectivity index (χ2n) is 5.19. The third kappa shape index (κ3) is 4.04. The van der Waals surface area contributed by atoms with Crippen molar-refractivity contribution in [1.82, 2.24) is 5.32 Å². The SMILES string of the molecule is COc1cccc(OC)c1OCCNCC1CCCC1. The van der Waals surface area contributed by atoms with Crippen LogP contribution in [-0.4, -0.2) is 33.9 Å². The van der Waals surface area contributed by atoms with E-state index in [0.29, 0.717) is 23.9 Å². The van der Waals surface area contributed by atoms with E-state index >= 15 is 0 Å². The van der Waals surface area contributed by atoms with Crippen molar-refractivity contribution in [1.29, 1.82) is 0 Å². The van der Waals surface area contributed by atoms with Crippen molar-refractivity contribution in [2.75, 3.05) is 33.9 Å². The second kappa shape index (κ2) is 8.00. The molecule has 0 bridgehead atoms. The van der Waals surface area contributed by atoms with Crippen LogP contribution in [0.4, 0.5) is 0 Å². The van der Waals surface area contributed by atoms with Crippen LogP contribution < -0.4 is 19.5 Å². The van der Waals surface area contributed by atoms with E-state index in [0.717, 1.165) is 19.0 Å². The molecule has 4 heteroatoms. The summed E-state index contributed by atoms with van der Waals surface area (Å²) in [6.45, 7) is 2.56. The van der Waals surface area contributed by atoms with Crippen LogP contribution in [0.5, 0.6) is 17.2 Å². The highest BCUT2D eigenvalue weighted by Gasteiger charge is 2.14. The van der Waals surface area contributed by atoms with Gasteiger partial charge in [0.05, 0.1) is 14.2 Å². The van der Waals surface area contributed by atoms with Gasteiger partial charge in [0.1, 0.15) is 6.61 Å². The van der Waals surface area contributed by atoms with Crippen LogP contribution >= 0.6 is 0 Å². The molecule has 0 spiro atoms. The summed E-state index contributed by atoms with van der Waals surface area (Å²) in [5.41, 5.74) is 0. The molecule has 0 saturated heterocycles. The first kappa shape index (κ1) is 15.0. The van der Waals surface area contributed by atoms with Crippen molar-refractivity contribution in [3.8, 4) is 17.2 Å². The molecular weight excluding hydrogens is 254 g/mol. The normalized spacial score (nSPS) is 15.3. The van der Waals surface area contributed by atoms with Gasteiger partial charge in [-0.15, -0.1) is 0 Å². The van der Waals surface area contributed by atoms with Crippen LogP contribution in [-0.2, 0) is 0 Å². The molecule has 1 aliphatic rings. The fourth-order valence-electron chi connectivity index (χ4n) is 2.71. The van der Waals surface area contributed by atoms with Gasteiger partial charge in [-0.05, 0) is 37.4 Å². The zero-order chi connectivity index (χ0) is 14.2. The average molecular weight is 279 g/mol. The first-order valence-corrected chi connectivity index (χ1v) is 7.39. The minimum atomic E-state index is 0.615. The minimum absolute atomic E-state index is 0.615. The molecule has 0 heterocycles. The quantitative estimate of drug-likeness (QED) is 0.743. The number of para-hydroxylation sites is 1. The standard InChI is InChI=1S/C16H25NO3/c1-18-14-8-5-9-15(19-2)16(14)20-11-10-17-12-13-6-3-4-7-13/h5,8-9,13,17H,3-4,6-7,10-12H2,1-2H3. The Kier molecular flexibility index (Phi) is 5.99. The average Bonchev–Trinajstić information content (AvgIpc) is 3.00. The molecule has 1 aromatic carbocycles. The summed E-state index contributed by atoms with van der Waals surface area (Å²) in [4.78, 5) is 0. The Morgan fingerprint density at radius 2 is 1.75 bits per heavy atom. The predicted octanol–water partition coefficient (Wildman–Crippen LogP) is 2.86. The van der Waals surface area contributed by atoms with E-state index in [1.807, 2.05) is 18.2 Å². The molecular formula is C16H25NO3. The third-order valence-corrected chi connectivity index (χ3v) is 3.82. The number of methoxy groups -OCH3 is 2. The molecule has 1 aliphatic carbocycles. The summed E-state index contributed by atoms with van der Waals surface area (Å²) in [7, 11) is 3.28. The van der Waals surface area contributed by atoms with Crippen molar-refractivity contribution in [3.63, 3.8) is 0 Å². The van der Waals surface area contributed by atoms with Gasteiger partial charge >= 0.3 is 0 Å². The summed E-state index contributed by atoms with van der Waals surface area (Å²) in [5, 5.41) is 3.47. The number of hydrogen-bond acceptors (Lipinski definition) is 4. The lowest BCUT2D eigenvalue weighted by Gasteiger charge is -2.15. The van der Waals surface area contributed by atoms with Gasteiger partial charge in [-0.1, -0.05) is 18.9 Å². The van der Waals surface area contributed by atoms with E-state index in [9.17, 15) is 0 Å². The first-order valence-electron chi connectivity index (χ1n) is 7.39. The van der Waals surface area contributed by atoms with Gasteiger partial charge in [0.25, 0.3) is 0 Å². The van der Waals surface area contributed by atoms with Crippen LogP contribution in [0.15, 0.2) is 18.2 Å². The number of nitrogens with one attached hydrogen (secondary N) is 1. The van der Waals surface area contributed by atoms with Crippen molar-refractivity contribution < 1.29 is 14.2 Å². The predicted molar refractivity (Wildman–Crippen MR) is 79.9 cm³/mol. The molecule has 0 unspecified atom stereocenters. The molecule has 1 aromatic rings. The summed E-state index contributed by atoms with van der Waals surface area (Å²) in [5.74, 6) is 2.95. The molecule has 0 radical (unpaired) electrons. The number of ether oxygens (including phenoxy) is 3. The van der Waals surface area contributed by atoms with Gasteiger partial charge in [-0.25, -0.2) is 0 Å². The zero-order valence-corrected chi connectivity index (χ0v) is 12.5. The Morgan fingerprint density at radius 1 is 1.10 bits per heavy atom. The smallest absolute Gasteiger partial charge is 0.203 e. The van der Waals surface area contributed by atoms with Gasteiger partial charge < -0.3 is 19.5 Å². The topological polar surface area (TPSA) is 39.7 Å².